The summed E-state index contributed by atoms with van der Waals surface area (Å²) in [6.45, 7) is 10.4. The van der Waals surface area contributed by atoms with E-state index in [2.05, 4.69) is 41.8 Å². The van der Waals surface area contributed by atoms with Gasteiger partial charge < -0.3 is 4.90 Å². The zero-order chi connectivity index (χ0) is 22.0. The topological polar surface area (TPSA) is 64.6 Å². The van der Waals surface area contributed by atoms with Gasteiger partial charge in [-0.2, -0.15) is 5.26 Å². The molecule has 0 atom stereocenters. The van der Waals surface area contributed by atoms with Crippen LogP contribution < -0.4 is 10.5 Å². The quantitative estimate of drug-likeness (QED) is 0.639. The van der Waals surface area contributed by atoms with E-state index in [0.29, 0.717) is 18.1 Å². The lowest BCUT2D eigenvalue weighted by Crippen LogP contribution is -2.46. The van der Waals surface area contributed by atoms with Gasteiger partial charge in [-0.3, -0.25) is 14.1 Å². The molecule has 1 saturated heterocycles. The van der Waals surface area contributed by atoms with Crippen LogP contribution in [-0.4, -0.2) is 40.5 Å². The number of pyridine rings is 1. The molecular formula is C25H29N5O. The normalized spacial score (nSPS) is 14.9. The molecule has 0 N–H and O–H groups in total. The van der Waals surface area contributed by atoms with E-state index in [4.69, 9.17) is 4.98 Å². The van der Waals surface area contributed by atoms with Gasteiger partial charge >= 0.3 is 0 Å². The Bertz CT molecular complexity index is 1180. The Balaban J connectivity index is 1.47. The monoisotopic (exact) mass is 415 g/mol. The zero-order valence-electron chi connectivity index (χ0n) is 18.5. The van der Waals surface area contributed by atoms with Crippen molar-refractivity contribution in [1.82, 2.24) is 14.3 Å². The molecule has 6 nitrogen and oxygen atoms in total. The first kappa shape index (κ1) is 21.1. The molecule has 2 aromatic heterocycles. The van der Waals surface area contributed by atoms with Gasteiger partial charge in [-0.05, 0) is 49.1 Å². The van der Waals surface area contributed by atoms with E-state index < -0.39 is 0 Å². The number of anilines is 1. The largest absolute Gasteiger partial charge is 0.368 e. The molecule has 0 radical (unpaired) electrons. The number of hydrogen-bond acceptors (Lipinski definition) is 5. The van der Waals surface area contributed by atoms with E-state index >= 15 is 0 Å². The predicted octanol–water partition coefficient (Wildman–Crippen LogP) is 3.40. The number of piperazine rings is 1. The maximum Gasteiger partial charge on any atom is 0.258 e. The molecule has 31 heavy (non-hydrogen) atoms. The summed E-state index contributed by atoms with van der Waals surface area (Å²) < 4.78 is 1.65. The third-order valence-corrected chi connectivity index (χ3v) is 5.86. The Morgan fingerprint density at radius 1 is 1.10 bits per heavy atom. The minimum atomic E-state index is -0.0302. The zero-order valence-corrected chi connectivity index (χ0v) is 18.5. The average Bonchev–Trinajstić information content (AvgIpc) is 2.73. The highest BCUT2D eigenvalue weighted by atomic mass is 16.1. The van der Waals surface area contributed by atoms with Crippen molar-refractivity contribution >= 4 is 11.3 Å². The van der Waals surface area contributed by atoms with Gasteiger partial charge in [0.05, 0.1) is 16.9 Å². The van der Waals surface area contributed by atoms with Crippen LogP contribution in [0.2, 0.25) is 0 Å². The van der Waals surface area contributed by atoms with E-state index in [9.17, 15) is 10.1 Å². The first-order valence-electron chi connectivity index (χ1n) is 10.9. The second kappa shape index (κ2) is 8.91. The summed E-state index contributed by atoms with van der Waals surface area (Å²) >= 11 is 0. The second-order valence-electron chi connectivity index (χ2n) is 8.77. The second-order valence-corrected chi connectivity index (χ2v) is 8.77. The van der Waals surface area contributed by atoms with Gasteiger partial charge in [-0.1, -0.05) is 26.0 Å². The summed E-state index contributed by atoms with van der Waals surface area (Å²) in [5.74, 6) is 0.583. The molecule has 3 heterocycles. The maximum absolute atomic E-state index is 12.5. The first-order valence-corrected chi connectivity index (χ1v) is 10.9. The van der Waals surface area contributed by atoms with Gasteiger partial charge in [0.1, 0.15) is 11.7 Å². The Morgan fingerprint density at radius 2 is 1.87 bits per heavy atom. The van der Waals surface area contributed by atoms with Gasteiger partial charge in [0, 0.05) is 44.5 Å². The van der Waals surface area contributed by atoms with Crippen molar-refractivity contribution in [3.8, 4) is 6.07 Å². The Morgan fingerprint density at radius 3 is 2.58 bits per heavy atom. The standard InChI is InChI=1S/C25H29N5O/c1-18(2)13-20-7-8-21(16-26)23(14-20)29-11-9-28(10-12-29)17-22-15-25(31)30-19(3)5-4-6-24(30)27-22/h4-8,14-15,18H,9-13,17H2,1-3H3. The van der Waals surface area contributed by atoms with Crippen molar-refractivity contribution in [1.29, 1.82) is 5.26 Å². The predicted molar refractivity (Wildman–Crippen MR) is 123 cm³/mol. The van der Waals surface area contributed by atoms with E-state index in [1.807, 2.05) is 31.2 Å². The molecule has 4 rings (SSSR count). The van der Waals surface area contributed by atoms with E-state index in [0.717, 1.165) is 55.2 Å². The molecule has 0 saturated carbocycles. The van der Waals surface area contributed by atoms with Crippen LogP contribution >= 0.6 is 0 Å². The summed E-state index contributed by atoms with van der Waals surface area (Å²) in [7, 11) is 0. The smallest absolute Gasteiger partial charge is 0.258 e. The minimum Gasteiger partial charge on any atom is -0.368 e. The fourth-order valence-corrected chi connectivity index (χ4v) is 4.35. The van der Waals surface area contributed by atoms with Gasteiger partial charge in [-0.15, -0.1) is 0 Å². The number of rotatable bonds is 5. The molecule has 3 aromatic rings. The van der Waals surface area contributed by atoms with Crippen molar-refractivity contribution in [3.05, 3.63) is 75.3 Å². The Hall–Kier alpha value is -3.17. The number of aromatic nitrogens is 2. The highest BCUT2D eigenvalue weighted by Gasteiger charge is 2.20. The van der Waals surface area contributed by atoms with Crippen LogP contribution in [0.3, 0.4) is 0 Å². The molecule has 1 aliphatic rings. The third-order valence-electron chi connectivity index (χ3n) is 5.86. The number of aryl methyl sites for hydroxylation is 1. The van der Waals surface area contributed by atoms with Crippen molar-refractivity contribution in [2.45, 2.75) is 33.7 Å². The maximum atomic E-state index is 12.5. The van der Waals surface area contributed by atoms with Gasteiger partial charge in [0.2, 0.25) is 0 Å². The van der Waals surface area contributed by atoms with Crippen LogP contribution in [0.25, 0.3) is 5.65 Å². The fraction of sp³-hybridized carbons (Fsp3) is 0.400. The fourth-order valence-electron chi connectivity index (χ4n) is 4.35. The first-order chi connectivity index (χ1) is 14.9. The molecular weight excluding hydrogens is 386 g/mol. The lowest BCUT2D eigenvalue weighted by atomic mass is 10.00. The molecule has 0 unspecified atom stereocenters. The molecule has 0 amide bonds. The van der Waals surface area contributed by atoms with Gasteiger partial charge in [0.15, 0.2) is 0 Å². The summed E-state index contributed by atoms with van der Waals surface area (Å²) in [6.07, 6.45) is 1.02. The summed E-state index contributed by atoms with van der Waals surface area (Å²) in [5, 5.41) is 9.57. The number of nitriles is 1. The minimum absolute atomic E-state index is 0.0302. The van der Waals surface area contributed by atoms with Gasteiger partial charge in [0.25, 0.3) is 5.56 Å². The van der Waals surface area contributed by atoms with Crippen LogP contribution in [0.4, 0.5) is 5.69 Å². The van der Waals surface area contributed by atoms with Crippen LogP contribution in [0.5, 0.6) is 0 Å². The van der Waals surface area contributed by atoms with Crippen LogP contribution in [0, 0.1) is 24.2 Å². The number of benzene rings is 1. The van der Waals surface area contributed by atoms with E-state index in [-0.39, 0.29) is 5.56 Å². The average molecular weight is 416 g/mol. The van der Waals surface area contributed by atoms with Crippen molar-refractivity contribution in [3.63, 3.8) is 0 Å². The summed E-state index contributed by atoms with van der Waals surface area (Å²) in [5.41, 5.74) is 5.42. The van der Waals surface area contributed by atoms with E-state index in [1.165, 1.54) is 5.56 Å². The van der Waals surface area contributed by atoms with Crippen LogP contribution in [0.1, 0.15) is 36.4 Å². The molecule has 1 aromatic carbocycles. The van der Waals surface area contributed by atoms with Crippen molar-refractivity contribution in [2.24, 2.45) is 5.92 Å². The SMILES string of the molecule is Cc1cccc2nc(CN3CCN(c4cc(CC(C)C)ccc4C#N)CC3)cc(=O)n12. The molecule has 0 aliphatic carbocycles. The Labute approximate surface area is 183 Å². The highest BCUT2D eigenvalue weighted by molar-refractivity contribution is 5.61. The molecule has 0 bridgehead atoms. The summed E-state index contributed by atoms with van der Waals surface area (Å²) in [6, 6.07) is 15.9. The molecule has 1 aliphatic heterocycles. The number of hydrogen-bond donors (Lipinski definition) is 0. The van der Waals surface area contributed by atoms with E-state index in [1.54, 1.807) is 10.5 Å². The molecule has 6 heteroatoms. The number of fused-ring (bicyclic) bond motifs is 1. The van der Waals surface area contributed by atoms with Crippen molar-refractivity contribution < 1.29 is 0 Å². The molecule has 160 valence electrons. The summed E-state index contributed by atoms with van der Waals surface area (Å²) in [4.78, 5) is 21.9. The molecule has 1 fully saturated rings. The molecule has 0 spiro atoms. The van der Waals surface area contributed by atoms with Gasteiger partial charge in [-0.25, -0.2) is 4.98 Å². The van der Waals surface area contributed by atoms with Crippen LogP contribution in [-0.2, 0) is 13.0 Å². The van der Waals surface area contributed by atoms with Crippen molar-refractivity contribution in [2.75, 3.05) is 31.1 Å². The van der Waals surface area contributed by atoms with Crippen LogP contribution in [0.15, 0.2) is 47.3 Å². The number of nitrogens with zero attached hydrogens (tertiary/aromatic N) is 5. The third kappa shape index (κ3) is 4.62. The lowest BCUT2D eigenvalue weighted by molar-refractivity contribution is 0.247. The Kier molecular flexibility index (Phi) is 6.06. The lowest BCUT2D eigenvalue weighted by Gasteiger charge is -2.36. The highest BCUT2D eigenvalue weighted by Crippen LogP contribution is 2.25.